The number of fused-ring (bicyclic) bond motifs is 1. The fraction of sp³-hybridized carbons (Fsp3) is 0.250. The molecule has 1 nitrogen and oxygen atoms in total. The van der Waals surface area contributed by atoms with Crippen LogP contribution in [0.15, 0.2) is 29.8 Å². The lowest BCUT2D eigenvalue weighted by Crippen LogP contribution is -2.08. The molecule has 2 rings (SSSR count). The van der Waals surface area contributed by atoms with E-state index in [1.165, 1.54) is 11.1 Å². The van der Waals surface area contributed by atoms with Gasteiger partial charge in [-0.15, -0.1) is 0 Å². The molecule has 0 N–H and O–H groups in total. The summed E-state index contributed by atoms with van der Waals surface area (Å²) < 4.78 is 0. The molecule has 0 spiro atoms. The van der Waals surface area contributed by atoms with Gasteiger partial charge in [-0.05, 0) is 35.6 Å². The van der Waals surface area contributed by atoms with Crippen LogP contribution in [-0.2, 0) is 11.2 Å². The smallest absolute Gasteiger partial charge is 0.169 e. The Kier molecular flexibility index (Phi) is 2.82. The van der Waals surface area contributed by atoms with Gasteiger partial charge in [0.05, 0.1) is 5.33 Å². The van der Waals surface area contributed by atoms with Crippen LogP contribution in [0, 0.1) is 0 Å². The van der Waals surface area contributed by atoms with Crippen molar-refractivity contribution in [3.8, 4) is 0 Å². The molecule has 0 bridgehead atoms. The summed E-state index contributed by atoms with van der Waals surface area (Å²) in [6.07, 6.45) is 3.88. The van der Waals surface area contributed by atoms with E-state index in [2.05, 4.69) is 28.1 Å². The number of hydrogen-bond donors (Lipinski definition) is 0. The molecule has 0 radical (unpaired) electrons. The molecular formula is C12H11BrO. The number of alkyl halides is 1. The number of ketones is 1. The highest BCUT2D eigenvalue weighted by molar-refractivity contribution is 9.09. The predicted molar refractivity (Wildman–Crippen MR) is 61.5 cm³/mol. The molecular weight excluding hydrogens is 240 g/mol. The molecule has 0 aliphatic heterocycles. The van der Waals surface area contributed by atoms with Crippen LogP contribution in [0.1, 0.15) is 17.5 Å². The molecule has 0 heterocycles. The molecule has 1 aromatic carbocycles. The van der Waals surface area contributed by atoms with E-state index in [1.54, 1.807) is 0 Å². The van der Waals surface area contributed by atoms with Gasteiger partial charge in [0.15, 0.2) is 5.78 Å². The SMILES string of the molecule is O=C(CBr)C1=Cc2ccccc2CC1. The maximum atomic E-state index is 11.5. The largest absolute Gasteiger partial charge is 0.294 e. The number of benzene rings is 1. The number of aryl methyl sites for hydroxylation is 1. The van der Waals surface area contributed by atoms with Gasteiger partial charge in [-0.1, -0.05) is 40.2 Å². The lowest BCUT2D eigenvalue weighted by Gasteiger charge is -2.14. The minimum Gasteiger partial charge on any atom is -0.294 e. The molecule has 0 unspecified atom stereocenters. The van der Waals surface area contributed by atoms with Crippen LogP contribution in [0.2, 0.25) is 0 Å². The molecule has 1 aromatic rings. The zero-order valence-electron chi connectivity index (χ0n) is 7.79. The molecule has 0 atom stereocenters. The minimum absolute atomic E-state index is 0.208. The van der Waals surface area contributed by atoms with Crippen LogP contribution in [0.3, 0.4) is 0 Å². The zero-order chi connectivity index (χ0) is 9.97. The van der Waals surface area contributed by atoms with Gasteiger partial charge in [-0.3, -0.25) is 4.79 Å². The average Bonchev–Trinajstić information content (AvgIpc) is 2.27. The van der Waals surface area contributed by atoms with Crippen LogP contribution < -0.4 is 0 Å². The third kappa shape index (κ3) is 1.80. The zero-order valence-corrected chi connectivity index (χ0v) is 9.38. The van der Waals surface area contributed by atoms with Crippen molar-refractivity contribution in [2.24, 2.45) is 0 Å². The summed E-state index contributed by atoms with van der Waals surface area (Å²) in [4.78, 5) is 11.5. The maximum absolute atomic E-state index is 11.5. The fourth-order valence-electron chi connectivity index (χ4n) is 1.74. The van der Waals surface area contributed by atoms with E-state index in [1.807, 2.05) is 18.2 Å². The van der Waals surface area contributed by atoms with E-state index in [0.717, 1.165) is 18.4 Å². The van der Waals surface area contributed by atoms with Crippen molar-refractivity contribution in [3.05, 3.63) is 41.0 Å². The topological polar surface area (TPSA) is 17.1 Å². The normalized spacial score (nSPS) is 14.5. The van der Waals surface area contributed by atoms with Crippen molar-refractivity contribution in [1.29, 1.82) is 0 Å². The van der Waals surface area contributed by atoms with Gasteiger partial charge in [0.25, 0.3) is 0 Å². The Morgan fingerprint density at radius 1 is 1.29 bits per heavy atom. The predicted octanol–water partition coefficient (Wildman–Crippen LogP) is 2.98. The quantitative estimate of drug-likeness (QED) is 0.738. The Hall–Kier alpha value is -0.890. The number of carbonyl (C=O) groups is 1. The number of carbonyl (C=O) groups excluding carboxylic acids is 1. The molecule has 14 heavy (non-hydrogen) atoms. The highest BCUT2D eigenvalue weighted by Crippen LogP contribution is 2.24. The molecule has 72 valence electrons. The third-order valence-electron chi connectivity index (χ3n) is 2.53. The number of rotatable bonds is 2. The third-order valence-corrected chi connectivity index (χ3v) is 3.04. The van der Waals surface area contributed by atoms with Crippen molar-refractivity contribution < 1.29 is 4.79 Å². The average molecular weight is 251 g/mol. The van der Waals surface area contributed by atoms with E-state index >= 15 is 0 Å². The highest BCUT2D eigenvalue weighted by Gasteiger charge is 2.14. The van der Waals surface area contributed by atoms with Gasteiger partial charge >= 0.3 is 0 Å². The van der Waals surface area contributed by atoms with Crippen molar-refractivity contribution in [2.45, 2.75) is 12.8 Å². The molecule has 1 aliphatic rings. The van der Waals surface area contributed by atoms with Crippen molar-refractivity contribution in [2.75, 3.05) is 5.33 Å². The number of halogens is 1. The lowest BCUT2D eigenvalue weighted by molar-refractivity contribution is -0.113. The molecule has 0 aromatic heterocycles. The van der Waals surface area contributed by atoms with Gasteiger partial charge in [-0.2, -0.15) is 0 Å². The van der Waals surface area contributed by atoms with E-state index in [4.69, 9.17) is 0 Å². The van der Waals surface area contributed by atoms with Crippen LogP contribution in [-0.4, -0.2) is 11.1 Å². The fourth-order valence-corrected chi connectivity index (χ4v) is 2.10. The van der Waals surface area contributed by atoms with E-state index in [0.29, 0.717) is 5.33 Å². The molecule has 0 saturated carbocycles. The number of allylic oxidation sites excluding steroid dienone is 1. The number of Topliss-reactive ketones (excluding diaryl/α,β-unsaturated/α-hetero) is 1. The first-order valence-corrected chi connectivity index (χ1v) is 5.81. The van der Waals surface area contributed by atoms with Gasteiger partial charge in [0.1, 0.15) is 0 Å². The Balaban J connectivity index is 2.36. The molecule has 0 saturated heterocycles. The van der Waals surface area contributed by atoms with E-state index in [-0.39, 0.29) is 5.78 Å². The second kappa shape index (κ2) is 4.09. The number of hydrogen-bond acceptors (Lipinski definition) is 1. The maximum Gasteiger partial charge on any atom is 0.169 e. The van der Waals surface area contributed by atoms with Crippen molar-refractivity contribution >= 4 is 27.8 Å². The summed E-state index contributed by atoms with van der Waals surface area (Å²) >= 11 is 3.20. The van der Waals surface area contributed by atoms with Gasteiger partial charge in [0.2, 0.25) is 0 Å². The van der Waals surface area contributed by atoms with E-state index in [9.17, 15) is 4.79 Å². The summed E-state index contributed by atoms with van der Waals surface area (Å²) in [7, 11) is 0. The Morgan fingerprint density at radius 3 is 2.86 bits per heavy atom. The Bertz CT molecular complexity index is 393. The second-order valence-corrected chi connectivity index (χ2v) is 3.99. The van der Waals surface area contributed by atoms with Crippen molar-refractivity contribution in [1.82, 2.24) is 0 Å². The summed E-state index contributed by atoms with van der Waals surface area (Å²) in [6, 6.07) is 8.25. The first kappa shape index (κ1) is 9.66. The van der Waals surface area contributed by atoms with E-state index < -0.39 is 0 Å². The van der Waals surface area contributed by atoms with Gasteiger partial charge < -0.3 is 0 Å². The van der Waals surface area contributed by atoms with Crippen LogP contribution in [0.25, 0.3) is 6.08 Å². The first-order valence-electron chi connectivity index (χ1n) is 4.69. The van der Waals surface area contributed by atoms with Crippen LogP contribution >= 0.6 is 15.9 Å². The Morgan fingerprint density at radius 2 is 2.07 bits per heavy atom. The van der Waals surface area contributed by atoms with Crippen LogP contribution in [0.5, 0.6) is 0 Å². The first-order chi connectivity index (χ1) is 6.81. The van der Waals surface area contributed by atoms with Crippen LogP contribution in [0.4, 0.5) is 0 Å². The summed E-state index contributed by atoms with van der Waals surface area (Å²) in [5.41, 5.74) is 3.49. The van der Waals surface area contributed by atoms with Gasteiger partial charge in [-0.25, -0.2) is 0 Å². The molecule has 0 fully saturated rings. The summed E-state index contributed by atoms with van der Waals surface area (Å²) in [5, 5.41) is 0.432. The second-order valence-electron chi connectivity index (χ2n) is 3.43. The monoisotopic (exact) mass is 250 g/mol. The molecule has 2 heteroatoms. The Labute approximate surface area is 92.0 Å². The standard InChI is InChI=1S/C12H11BrO/c13-8-12(14)11-6-5-9-3-1-2-4-10(9)7-11/h1-4,7H,5-6,8H2. The molecule has 1 aliphatic carbocycles. The molecule has 0 amide bonds. The highest BCUT2D eigenvalue weighted by atomic mass is 79.9. The summed E-state index contributed by atoms with van der Waals surface area (Å²) in [6.45, 7) is 0. The minimum atomic E-state index is 0.208. The summed E-state index contributed by atoms with van der Waals surface area (Å²) in [5.74, 6) is 0.208. The van der Waals surface area contributed by atoms with Gasteiger partial charge in [0, 0.05) is 0 Å². The lowest BCUT2D eigenvalue weighted by atomic mass is 9.91. The van der Waals surface area contributed by atoms with Crippen molar-refractivity contribution in [3.63, 3.8) is 0 Å².